The van der Waals surface area contributed by atoms with Crippen LogP contribution in [0.25, 0.3) is 0 Å². The summed E-state index contributed by atoms with van der Waals surface area (Å²) in [6.07, 6.45) is 3.10. The van der Waals surface area contributed by atoms with E-state index in [1.807, 2.05) is 10.9 Å². The average Bonchev–Trinajstić information content (AvgIpc) is 2.60. The van der Waals surface area contributed by atoms with Gasteiger partial charge in [-0.05, 0) is 40.7 Å². The fourth-order valence-electron chi connectivity index (χ4n) is 1.60. The van der Waals surface area contributed by atoms with Crippen molar-refractivity contribution in [3.8, 4) is 11.8 Å². The van der Waals surface area contributed by atoms with Crippen molar-refractivity contribution in [2.24, 2.45) is 5.41 Å². The van der Waals surface area contributed by atoms with Crippen molar-refractivity contribution in [1.82, 2.24) is 15.1 Å². The summed E-state index contributed by atoms with van der Waals surface area (Å²) in [5.74, 6) is 6.43. The van der Waals surface area contributed by atoms with Crippen molar-refractivity contribution in [3.05, 3.63) is 17.5 Å². The van der Waals surface area contributed by atoms with E-state index >= 15 is 0 Å². The van der Waals surface area contributed by atoms with E-state index in [-0.39, 0.29) is 5.41 Å². The third-order valence-corrected chi connectivity index (χ3v) is 2.64. The molecule has 0 radical (unpaired) electrons. The van der Waals surface area contributed by atoms with Crippen LogP contribution in [0.5, 0.6) is 0 Å². The molecule has 100 valence electrons. The summed E-state index contributed by atoms with van der Waals surface area (Å²) >= 11 is 0. The number of nitrogens with one attached hydrogen (secondary N) is 1. The molecule has 3 nitrogen and oxygen atoms in total. The third kappa shape index (κ3) is 4.93. The van der Waals surface area contributed by atoms with Gasteiger partial charge in [-0.25, -0.2) is 0 Å². The van der Waals surface area contributed by atoms with Crippen LogP contribution >= 0.6 is 0 Å². The molecule has 1 rings (SSSR count). The van der Waals surface area contributed by atoms with E-state index < -0.39 is 0 Å². The highest BCUT2D eigenvalue weighted by atomic mass is 15.3. The Morgan fingerprint density at radius 1 is 1.39 bits per heavy atom. The normalized spacial score (nSPS) is 11.2. The molecule has 0 aromatic carbocycles. The largest absolute Gasteiger partial charge is 0.313 e. The molecule has 3 heteroatoms. The van der Waals surface area contributed by atoms with Crippen molar-refractivity contribution in [3.63, 3.8) is 0 Å². The third-order valence-electron chi connectivity index (χ3n) is 2.64. The van der Waals surface area contributed by atoms with Crippen molar-refractivity contribution in [2.75, 3.05) is 6.54 Å². The fourth-order valence-corrected chi connectivity index (χ4v) is 1.60. The Bertz CT molecular complexity index is 427. The lowest BCUT2D eigenvalue weighted by atomic mass is 9.98. The zero-order valence-corrected chi connectivity index (χ0v) is 12.3. The van der Waals surface area contributed by atoms with Crippen molar-refractivity contribution < 1.29 is 0 Å². The highest BCUT2D eigenvalue weighted by Crippen LogP contribution is 2.10. The second-order valence-corrected chi connectivity index (χ2v) is 5.64. The lowest BCUT2D eigenvalue weighted by Gasteiger charge is -2.07. The standard InChI is InChI=1S/C15H25N3/c1-6-9-16-11-14-12-17-18(13(14)2)10-7-8-15(3,4)5/h12,16H,6,9-11H2,1-5H3. The molecule has 0 saturated carbocycles. The lowest BCUT2D eigenvalue weighted by Crippen LogP contribution is -2.14. The Morgan fingerprint density at radius 3 is 2.72 bits per heavy atom. The number of nitrogens with zero attached hydrogens (tertiary/aromatic N) is 2. The van der Waals surface area contributed by atoms with Crippen LogP contribution in [0.3, 0.4) is 0 Å². The van der Waals surface area contributed by atoms with Gasteiger partial charge in [0.05, 0.1) is 6.20 Å². The van der Waals surface area contributed by atoms with E-state index in [0.717, 1.165) is 19.5 Å². The molecule has 0 amide bonds. The Balaban J connectivity index is 2.60. The van der Waals surface area contributed by atoms with Crippen molar-refractivity contribution >= 4 is 0 Å². The molecular weight excluding hydrogens is 222 g/mol. The molecule has 0 aliphatic rings. The number of hydrogen-bond acceptors (Lipinski definition) is 2. The van der Waals surface area contributed by atoms with Gasteiger partial charge in [-0.2, -0.15) is 5.10 Å². The Hall–Kier alpha value is -1.27. The summed E-state index contributed by atoms with van der Waals surface area (Å²) in [5, 5.41) is 7.78. The number of hydrogen-bond donors (Lipinski definition) is 1. The summed E-state index contributed by atoms with van der Waals surface area (Å²) in [6, 6.07) is 0. The Kier molecular flexibility index (Phi) is 5.43. The van der Waals surface area contributed by atoms with Gasteiger partial charge in [0.2, 0.25) is 0 Å². The minimum Gasteiger partial charge on any atom is -0.313 e. The average molecular weight is 247 g/mol. The first-order valence-electron chi connectivity index (χ1n) is 6.66. The molecule has 0 unspecified atom stereocenters. The van der Waals surface area contributed by atoms with E-state index in [1.165, 1.54) is 11.3 Å². The van der Waals surface area contributed by atoms with Crippen LogP contribution < -0.4 is 5.32 Å². The maximum absolute atomic E-state index is 4.39. The summed E-state index contributed by atoms with van der Waals surface area (Å²) in [4.78, 5) is 0. The molecule has 0 fully saturated rings. The molecule has 1 N–H and O–H groups in total. The first-order valence-corrected chi connectivity index (χ1v) is 6.66. The van der Waals surface area contributed by atoms with E-state index in [9.17, 15) is 0 Å². The molecule has 1 heterocycles. The van der Waals surface area contributed by atoms with Crippen LogP contribution in [0.2, 0.25) is 0 Å². The maximum atomic E-state index is 4.39. The van der Waals surface area contributed by atoms with Crippen LogP contribution in [0, 0.1) is 24.2 Å². The summed E-state index contributed by atoms with van der Waals surface area (Å²) < 4.78 is 1.97. The molecular formula is C15H25N3. The lowest BCUT2D eigenvalue weighted by molar-refractivity contribution is 0.568. The van der Waals surface area contributed by atoms with Crippen LogP contribution in [0.4, 0.5) is 0 Å². The van der Waals surface area contributed by atoms with Crippen LogP contribution in [0.1, 0.15) is 45.4 Å². The van der Waals surface area contributed by atoms with E-state index in [4.69, 9.17) is 0 Å². The molecule has 0 aliphatic carbocycles. The molecule has 0 atom stereocenters. The van der Waals surface area contributed by atoms with Gasteiger partial charge in [-0.1, -0.05) is 18.8 Å². The summed E-state index contributed by atoms with van der Waals surface area (Å²) in [6.45, 7) is 13.3. The second-order valence-electron chi connectivity index (χ2n) is 5.64. The van der Waals surface area contributed by atoms with Crippen LogP contribution in [0.15, 0.2) is 6.20 Å². The highest BCUT2D eigenvalue weighted by Gasteiger charge is 2.06. The van der Waals surface area contributed by atoms with Gasteiger partial charge in [0.1, 0.15) is 6.54 Å². The van der Waals surface area contributed by atoms with Gasteiger partial charge in [0, 0.05) is 23.2 Å². The Labute approximate surface area is 111 Å². The molecule has 1 aromatic rings. The molecule has 0 bridgehead atoms. The predicted octanol–water partition coefficient (Wildman–Crippen LogP) is 2.74. The first kappa shape index (κ1) is 14.8. The van der Waals surface area contributed by atoms with Gasteiger partial charge in [0.25, 0.3) is 0 Å². The van der Waals surface area contributed by atoms with E-state index in [1.54, 1.807) is 0 Å². The zero-order valence-electron chi connectivity index (χ0n) is 12.3. The number of aromatic nitrogens is 2. The van der Waals surface area contributed by atoms with Crippen molar-refractivity contribution in [1.29, 1.82) is 0 Å². The van der Waals surface area contributed by atoms with Gasteiger partial charge in [-0.3, -0.25) is 4.68 Å². The SMILES string of the molecule is CCCNCc1cnn(CC#CC(C)(C)C)c1C. The minimum atomic E-state index is 0.0621. The zero-order chi connectivity index (χ0) is 13.6. The summed E-state index contributed by atoms with van der Waals surface area (Å²) in [7, 11) is 0. The van der Waals surface area contributed by atoms with E-state index in [0.29, 0.717) is 6.54 Å². The van der Waals surface area contributed by atoms with Crippen LogP contribution in [-0.4, -0.2) is 16.3 Å². The van der Waals surface area contributed by atoms with Gasteiger partial charge in [0.15, 0.2) is 0 Å². The monoisotopic (exact) mass is 247 g/mol. The predicted molar refractivity (Wildman–Crippen MR) is 76.2 cm³/mol. The smallest absolute Gasteiger partial charge is 0.102 e. The molecule has 1 aromatic heterocycles. The van der Waals surface area contributed by atoms with Gasteiger partial charge < -0.3 is 5.32 Å². The summed E-state index contributed by atoms with van der Waals surface area (Å²) in [5.41, 5.74) is 2.54. The molecule has 0 saturated heterocycles. The molecule has 18 heavy (non-hydrogen) atoms. The second kappa shape index (κ2) is 6.61. The molecule has 0 aliphatic heterocycles. The highest BCUT2D eigenvalue weighted by molar-refractivity contribution is 5.17. The van der Waals surface area contributed by atoms with Gasteiger partial charge in [-0.15, -0.1) is 0 Å². The Morgan fingerprint density at radius 2 is 2.11 bits per heavy atom. The fraction of sp³-hybridized carbons (Fsp3) is 0.667. The quantitative estimate of drug-likeness (QED) is 0.640. The molecule has 0 spiro atoms. The van der Waals surface area contributed by atoms with Gasteiger partial charge >= 0.3 is 0 Å². The van der Waals surface area contributed by atoms with E-state index in [2.05, 4.69) is 56.9 Å². The number of rotatable bonds is 5. The topological polar surface area (TPSA) is 29.9 Å². The maximum Gasteiger partial charge on any atom is 0.102 e. The minimum absolute atomic E-state index is 0.0621. The van der Waals surface area contributed by atoms with Crippen molar-refractivity contribution in [2.45, 2.75) is 54.1 Å². The van der Waals surface area contributed by atoms with Crippen LogP contribution in [-0.2, 0) is 13.1 Å². The first-order chi connectivity index (χ1) is 8.44.